The van der Waals surface area contributed by atoms with Crippen LogP contribution in [0.1, 0.15) is 5.56 Å². The van der Waals surface area contributed by atoms with Gasteiger partial charge in [0, 0.05) is 28.4 Å². The summed E-state index contributed by atoms with van der Waals surface area (Å²) in [6.45, 7) is -2.96. The molecule has 1 amide bonds. The van der Waals surface area contributed by atoms with Crippen LogP contribution < -0.4 is 14.8 Å². The standard InChI is InChI=1S/C24H20F2N2O3/c1-30-18-9-6-15(7-10-18)20-13-17(8-11-22(20)31-24(25)26)28-23(29)12-16-14-27-21-5-3-2-4-19(16)21/h2-11,13-14,24,27H,12H2,1H3,(H,28,29). The van der Waals surface area contributed by atoms with E-state index in [0.717, 1.165) is 16.5 Å². The maximum absolute atomic E-state index is 12.9. The second-order valence-corrected chi connectivity index (χ2v) is 6.90. The zero-order valence-corrected chi connectivity index (χ0v) is 16.7. The quantitative estimate of drug-likeness (QED) is 0.406. The number of amides is 1. The third kappa shape index (κ3) is 4.66. The molecular weight excluding hydrogens is 402 g/mol. The van der Waals surface area contributed by atoms with Crippen LogP contribution in [0.25, 0.3) is 22.0 Å². The molecule has 0 fully saturated rings. The van der Waals surface area contributed by atoms with Crippen LogP contribution in [-0.2, 0) is 11.2 Å². The van der Waals surface area contributed by atoms with E-state index in [1.54, 1.807) is 37.4 Å². The Balaban J connectivity index is 1.58. The molecule has 0 bridgehead atoms. The number of para-hydroxylation sites is 1. The highest BCUT2D eigenvalue weighted by atomic mass is 19.3. The normalized spacial score (nSPS) is 11.0. The maximum Gasteiger partial charge on any atom is 0.387 e. The molecule has 0 aliphatic rings. The number of anilines is 1. The number of fused-ring (bicyclic) bond motifs is 1. The highest BCUT2D eigenvalue weighted by molar-refractivity contribution is 5.96. The number of aromatic amines is 1. The van der Waals surface area contributed by atoms with Crippen molar-refractivity contribution in [2.24, 2.45) is 0 Å². The Morgan fingerprint density at radius 1 is 1.06 bits per heavy atom. The van der Waals surface area contributed by atoms with Gasteiger partial charge in [-0.2, -0.15) is 8.78 Å². The summed E-state index contributed by atoms with van der Waals surface area (Å²) in [7, 11) is 1.55. The van der Waals surface area contributed by atoms with Crippen molar-refractivity contribution in [1.29, 1.82) is 0 Å². The number of carbonyl (C=O) groups excluding carboxylic acids is 1. The fourth-order valence-electron chi connectivity index (χ4n) is 3.46. The lowest BCUT2D eigenvalue weighted by Crippen LogP contribution is -2.14. The molecule has 5 nitrogen and oxygen atoms in total. The fraction of sp³-hybridized carbons (Fsp3) is 0.125. The van der Waals surface area contributed by atoms with Gasteiger partial charge in [-0.15, -0.1) is 0 Å². The third-order valence-electron chi connectivity index (χ3n) is 4.91. The number of methoxy groups -OCH3 is 1. The van der Waals surface area contributed by atoms with Gasteiger partial charge >= 0.3 is 6.61 Å². The minimum absolute atomic E-state index is 0.0230. The number of nitrogens with one attached hydrogen (secondary N) is 2. The Bertz CT molecular complexity index is 1200. The highest BCUT2D eigenvalue weighted by Gasteiger charge is 2.14. The van der Waals surface area contributed by atoms with E-state index in [0.29, 0.717) is 22.6 Å². The molecule has 158 valence electrons. The number of aromatic nitrogens is 1. The lowest BCUT2D eigenvalue weighted by atomic mass is 10.0. The molecule has 0 radical (unpaired) electrons. The molecule has 3 aromatic carbocycles. The molecule has 0 spiro atoms. The first kappa shape index (κ1) is 20.4. The minimum atomic E-state index is -2.96. The number of ether oxygens (including phenoxy) is 2. The smallest absolute Gasteiger partial charge is 0.387 e. The number of carbonyl (C=O) groups is 1. The number of hydrogen-bond acceptors (Lipinski definition) is 3. The first-order valence-corrected chi connectivity index (χ1v) is 9.61. The van der Waals surface area contributed by atoms with Crippen LogP contribution in [-0.4, -0.2) is 24.6 Å². The van der Waals surface area contributed by atoms with Crippen molar-refractivity contribution in [1.82, 2.24) is 4.98 Å². The first-order valence-electron chi connectivity index (χ1n) is 9.61. The van der Waals surface area contributed by atoms with Crippen LogP contribution in [0.3, 0.4) is 0 Å². The van der Waals surface area contributed by atoms with E-state index in [9.17, 15) is 13.6 Å². The van der Waals surface area contributed by atoms with E-state index in [-0.39, 0.29) is 18.1 Å². The molecule has 2 N–H and O–H groups in total. The Hall–Kier alpha value is -3.87. The Kier molecular flexibility index (Phi) is 5.84. The summed E-state index contributed by atoms with van der Waals surface area (Å²) < 4.78 is 35.6. The van der Waals surface area contributed by atoms with Crippen LogP contribution >= 0.6 is 0 Å². The predicted molar refractivity (Wildman–Crippen MR) is 116 cm³/mol. The monoisotopic (exact) mass is 422 g/mol. The van der Waals surface area contributed by atoms with Crippen molar-refractivity contribution in [3.05, 3.63) is 78.5 Å². The lowest BCUT2D eigenvalue weighted by Gasteiger charge is -2.14. The average Bonchev–Trinajstić information content (AvgIpc) is 3.17. The summed E-state index contributed by atoms with van der Waals surface area (Å²) in [6.07, 6.45) is 1.99. The molecule has 1 heterocycles. The van der Waals surface area contributed by atoms with E-state index >= 15 is 0 Å². The molecule has 0 saturated heterocycles. The molecule has 7 heteroatoms. The van der Waals surface area contributed by atoms with Crippen LogP contribution in [0.5, 0.6) is 11.5 Å². The number of hydrogen-bond donors (Lipinski definition) is 2. The van der Waals surface area contributed by atoms with Gasteiger partial charge in [-0.3, -0.25) is 4.79 Å². The van der Waals surface area contributed by atoms with Crippen molar-refractivity contribution in [2.45, 2.75) is 13.0 Å². The fourth-order valence-corrected chi connectivity index (χ4v) is 3.46. The summed E-state index contributed by atoms with van der Waals surface area (Å²) in [5.74, 6) is 0.450. The number of benzene rings is 3. The second-order valence-electron chi connectivity index (χ2n) is 6.90. The summed E-state index contributed by atoms with van der Waals surface area (Å²) in [4.78, 5) is 15.8. The van der Waals surface area contributed by atoms with Gasteiger partial charge in [-0.05, 0) is 47.5 Å². The van der Waals surface area contributed by atoms with Crippen LogP contribution in [0, 0.1) is 0 Å². The van der Waals surface area contributed by atoms with Gasteiger partial charge in [0.05, 0.1) is 13.5 Å². The SMILES string of the molecule is COc1ccc(-c2cc(NC(=O)Cc3c[nH]c4ccccc34)ccc2OC(F)F)cc1. The molecule has 0 unspecified atom stereocenters. The highest BCUT2D eigenvalue weighted by Crippen LogP contribution is 2.34. The molecule has 4 aromatic rings. The van der Waals surface area contributed by atoms with Gasteiger partial charge in [-0.1, -0.05) is 30.3 Å². The van der Waals surface area contributed by atoms with Crippen molar-refractivity contribution in [3.8, 4) is 22.6 Å². The molecular formula is C24H20F2N2O3. The summed E-state index contributed by atoms with van der Waals surface area (Å²) in [5, 5.41) is 3.82. The van der Waals surface area contributed by atoms with Crippen molar-refractivity contribution >= 4 is 22.5 Å². The van der Waals surface area contributed by atoms with E-state index in [1.165, 1.54) is 12.1 Å². The number of H-pyrrole nitrogens is 1. The van der Waals surface area contributed by atoms with Crippen LogP contribution in [0.2, 0.25) is 0 Å². The maximum atomic E-state index is 12.9. The topological polar surface area (TPSA) is 63.3 Å². The third-order valence-corrected chi connectivity index (χ3v) is 4.91. The molecule has 31 heavy (non-hydrogen) atoms. The molecule has 1 aromatic heterocycles. The second kappa shape index (κ2) is 8.87. The van der Waals surface area contributed by atoms with Crippen molar-refractivity contribution in [3.63, 3.8) is 0 Å². The van der Waals surface area contributed by atoms with Crippen molar-refractivity contribution < 1.29 is 23.0 Å². The van der Waals surface area contributed by atoms with E-state index < -0.39 is 6.61 Å². The lowest BCUT2D eigenvalue weighted by molar-refractivity contribution is -0.115. The average molecular weight is 422 g/mol. The van der Waals surface area contributed by atoms with Crippen LogP contribution in [0.15, 0.2) is 72.9 Å². The number of rotatable bonds is 7. The van der Waals surface area contributed by atoms with Gasteiger partial charge < -0.3 is 19.8 Å². The van der Waals surface area contributed by atoms with Gasteiger partial charge in [0.2, 0.25) is 5.91 Å². The zero-order chi connectivity index (χ0) is 21.8. The van der Waals surface area contributed by atoms with E-state index in [4.69, 9.17) is 4.74 Å². The molecule has 0 aliphatic carbocycles. The Labute approximate surface area is 177 Å². The van der Waals surface area contributed by atoms with Crippen molar-refractivity contribution in [2.75, 3.05) is 12.4 Å². The summed E-state index contributed by atoms with van der Waals surface area (Å²) >= 11 is 0. The minimum Gasteiger partial charge on any atom is -0.497 e. The van der Waals surface area contributed by atoms with Crippen LogP contribution in [0.4, 0.5) is 14.5 Å². The predicted octanol–water partition coefficient (Wildman–Crippen LogP) is 5.63. The number of alkyl halides is 2. The molecule has 0 saturated carbocycles. The Morgan fingerprint density at radius 2 is 1.84 bits per heavy atom. The zero-order valence-electron chi connectivity index (χ0n) is 16.7. The molecule has 0 aliphatic heterocycles. The number of halogens is 2. The van der Waals surface area contributed by atoms with Gasteiger partial charge in [0.15, 0.2) is 0 Å². The molecule has 0 atom stereocenters. The van der Waals surface area contributed by atoms with Gasteiger partial charge in [0.25, 0.3) is 0 Å². The van der Waals surface area contributed by atoms with E-state index in [2.05, 4.69) is 15.0 Å². The van der Waals surface area contributed by atoms with E-state index in [1.807, 2.05) is 30.5 Å². The summed E-state index contributed by atoms with van der Waals surface area (Å²) in [5.41, 5.74) is 3.41. The molecule has 4 rings (SSSR count). The first-order chi connectivity index (χ1) is 15.0. The summed E-state index contributed by atoms with van der Waals surface area (Å²) in [6, 6.07) is 19.2. The Morgan fingerprint density at radius 3 is 2.58 bits per heavy atom. The van der Waals surface area contributed by atoms with Gasteiger partial charge in [-0.25, -0.2) is 0 Å². The van der Waals surface area contributed by atoms with Gasteiger partial charge in [0.1, 0.15) is 11.5 Å². The largest absolute Gasteiger partial charge is 0.497 e.